The van der Waals surface area contributed by atoms with E-state index in [2.05, 4.69) is 5.32 Å². The Balaban J connectivity index is 1.71. The SMILES string of the molecule is CCc1ccc(NC(=O)C(C)OC(=O)c2cc3c(cc2[N+](=O)[O-])OCO3)cc1. The van der Waals surface area contributed by atoms with Crippen molar-refractivity contribution in [3.8, 4) is 11.5 Å². The number of nitro benzene ring substituents is 1. The molecule has 1 heterocycles. The fourth-order valence-corrected chi connectivity index (χ4v) is 2.59. The molecule has 0 fully saturated rings. The number of nitro groups is 1. The van der Waals surface area contributed by atoms with E-state index < -0.39 is 28.6 Å². The Morgan fingerprint density at radius 1 is 1.21 bits per heavy atom. The van der Waals surface area contributed by atoms with Crippen LogP contribution in [0.15, 0.2) is 36.4 Å². The lowest BCUT2D eigenvalue weighted by atomic mass is 10.1. The minimum Gasteiger partial charge on any atom is -0.454 e. The lowest BCUT2D eigenvalue weighted by Gasteiger charge is -2.14. The predicted molar refractivity (Wildman–Crippen MR) is 98.5 cm³/mol. The molecule has 1 N–H and O–H groups in total. The van der Waals surface area contributed by atoms with Crippen LogP contribution in [0.3, 0.4) is 0 Å². The van der Waals surface area contributed by atoms with Crippen LogP contribution in [0.1, 0.15) is 29.8 Å². The van der Waals surface area contributed by atoms with Gasteiger partial charge < -0.3 is 19.5 Å². The minimum atomic E-state index is -1.16. The molecule has 2 aromatic carbocycles. The van der Waals surface area contributed by atoms with Crippen molar-refractivity contribution in [3.05, 3.63) is 57.6 Å². The summed E-state index contributed by atoms with van der Waals surface area (Å²) in [4.78, 5) is 35.2. The van der Waals surface area contributed by atoms with Crippen molar-refractivity contribution in [2.45, 2.75) is 26.4 Å². The third-order valence-electron chi connectivity index (χ3n) is 4.19. The molecule has 0 radical (unpaired) electrons. The van der Waals surface area contributed by atoms with Crippen molar-refractivity contribution >= 4 is 23.3 Å². The van der Waals surface area contributed by atoms with E-state index in [0.29, 0.717) is 5.69 Å². The number of hydrogen-bond acceptors (Lipinski definition) is 7. The number of carbonyl (C=O) groups excluding carboxylic acids is 2. The molecule has 28 heavy (non-hydrogen) atoms. The van der Waals surface area contributed by atoms with Crippen LogP contribution in [0.4, 0.5) is 11.4 Å². The average molecular weight is 386 g/mol. The van der Waals surface area contributed by atoms with Gasteiger partial charge >= 0.3 is 5.97 Å². The van der Waals surface area contributed by atoms with Gasteiger partial charge in [-0.15, -0.1) is 0 Å². The largest absolute Gasteiger partial charge is 0.454 e. The van der Waals surface area contributed by atoms with E-state index in [0.717, 1.165) is 18.1 Å². The number of nitrogens with zero attached hydrogens (tertiary/aromatic N) is 1. The maximum atomic E-state index is 12.4. The smallest absolute Gasteiger partial charge is 0.346 e. The first-order valence-electron chi connectivity index (χ1n) is 8.58. The molecule has 1 atom stereocenters. The number of carbonyl (C=O) groups is 2. The summed E-state index contributed by atoms with van der Waals surface area (Å²) in [5.74, 6) is -1.19. The topological polar surface area (TPSA) is 117 Å². The number of benzene rings is 2. The van der Waals surface area contributed by atoms with Crippen LogP contribution in [0.2, 0.25) is 0 Å². The fourth-order valence-electron chi connectivity index (χ4n) is 2.59. The minimum absolute atomic E-state index is 0.0966. The standard InChI is InChI=1S/C19H18N2O7/c1-3-12-4-6-13(7-5-12)20-18(22)11(2)28-19(23)14-8-16-17(27-10-26-16)9-15(14)21(24)25/h4-9,11H,3,10H2,1-2H3,(H,20,22). The highest BCUT2D eigenvalue weighted by Crippen LogP contribution is 2.38. The molecule has 0 aromatic heterocycles. The number of rotatable bonds is 6. The van der Waals surface area contributed by atoms with Crippen molar-refractivity contribution in [3.63, 3.8) is 0 Å². The molecule has 0 saturated carbocycles. The molecule has 9 nitrogen and oxygen atoms in total. The zero-order chi connectivity index (χ0) is 20.3. The van der Waals surface area contributed by atoms with Gasteiger partial charge in [-0.05, 0) is 31.0 Å². The first-order chi connectivity index (χ1) is 13.4. The first-order valence-corrected chi connectivity index (χ1v) is 8.58. The molecule has 0 aliphatic carbocycles. The number of nitrogens with one attached hydrogen (secondary N) is 1. The van der Waals surface area contributed by atoms with Crippen LogP contribution >= 0.6 is 0 Å². The van der Waals surface area contributed by atoms with Crippen LogP contribution in [0, 0.1) is 10.1 Å². The van der Waals surface area contributed by atoms with Crippen LogP contribution < -0.4 is 14.8 Å². The lowest BCUT2D eigenvalue weighted by Crippen LogP contribution is -2.30. The zero-order valence-corrected chi connectivity index (χ0v) is 15.3. The third-order valence-corrected chi connectivity index (χ3v) is 4.19. The van der Waals surface area contributed by atoms with E-state index in [1.54, 1.807) is 12.1 Å². The van der Waals surface area contributed by atoms with Crippen molar-refractivity contribution in [2.24, 2.45) is 0 Å². The summed E-state index contributed by atoms with van der Waals surface area (Å²) >= 11 is 0. The number of esters is 1. The molecule has 1 aliphatic rings. The van der Waals surface area contributed by atoms with Crippen molar-refractivity contribution < 1.29 is 28.7 Å². The summed E-state index contributed by atoms with van der Waals surface area (Å²) in [7, 11) is 0. The van der Waals surface area contributed by atoms with Crippen molar-refractivity contribution in [1.29, 1.82) is 0 Å². The van der Waals surface area contributed by atoms with E-state index >= 15 is 0 Å². The van der Waals surface area contributed by atoms with E-state index in [1.807, 2.05) is 19.1 Å². The molecule has 1 amide bonds. The predicted octanol–water partition coefficient (Wildman–Crippen LogP) is 3.07. The Kier molecular flexibility index (Phi) is 5.44. The average Bonchev–Trinajstić information content (AvgIpc) is 3.15. The summed E-state index contributed by atoms with van der Waals surface area (Å²) < 4.78 is 15.3. The highest BCUT2D eigenvalue weighted by molar-refractivity contribution is 5.99. The molecular weight excluding hydrogens is 368 g/mol. The number of hydrogen-bond donors (Lipinski definition) is 1. The Morgan fingerprint density at radius 2 is 1.86 bits per heavy atom. The van der Waals surface area contributed by atoms with Gasteiger partial charge in [0.15, 0.2) is 17.6 Å². The Morgan fingerprint density at radius 3 is 2.46 bits per heavy atom. The van der Waals surface area contributed by atoms with Gasteiger partial charge in [-0.1, -0.05) is 19.1 Å². The lowest BCUT2D eigenvalue weighted by molar-refractivity contribution is -0.385. The highest BCUT2D eigenvalue weighted by atomic mass is 16.7. The normalized spacial score (nSPS) is 12.9. The van der Waals surface area contributed by atoms with Crippen LogP contribution in [-0.2, 0) is 16.0 Å². The van der Waals surface area contributed by atoms with Crippen LogP contribution in [0.25, 0.3) is 0 Å². The second-order valence-electron chi connectivity index (χ2n) is 6.07. The number of amides is 1. The van der Waals surface area contributed by atoms with Crippen molar-refractivity contribution in [1.82, 2.24) is 0 Å². The summed E-state index contributed by atoms with van der Waals surface area (Å²) in [5, 5.41) is 13.9. The zero-order valence-electron chi connectivity index (χ0n) is 15.3. The summed E-state index contributed by atoms with van der Waals surface area (Å²) in [6.07, 6.45) is -0.292. The second kappa shape index (κ2) is 7.95. The van der Waals surface area contributed by atoms with E-state index in [-0.39, 0.29) is 23.9 Å². The van der Waals surface area contributed by atoms with Gasteiger partial charge in [0.1, 0.15) is 5.56 Å². The Labute approximate surface area is 160 Å². The summed E-state index contributed by atoms with van der Waals surface area (Å²) in [6.45, 7) is 3.30. The molecule has 0 spiro atoms. The Hall–Kier alpha value is -3.62. The third kappa shape index (κ3) is 4.03. The van der Waals surface area contributed by atoms with Gasteiger partial charge in [-0.3, -0.25) is 14.9 Å². The molecule has 1 aliphatic heterocycles. The quantitative estimate of drug-likeness (QED) is 0.460. The maximum Gasteiger partial charge on any atom is 0.346 e. The molecule has 1 unspecified atom stereocenters. The van der Waals surface area contributed by atoms with Crippen LogP contribution in [0.5, 0.6) is 11.5 Å². The summed E-state index contributed by atoms with van der Waals surface area (Å²) in [5.41, 5.74) is 0.866. The molecule has 0 saturated heterocycles. The van der Waals surface area contributed by atoms with Gasteiger partial charge in [-0.25, -0.2) is 4.79 Å². The number of fused-ring (bicyclic) bond motifs is 1. The van der Waals surface area contributed by atoms with E-state index in [9.17, 15) is 19.7 Å². The molecule has 146 valence electrons. The second-order valence-corrected chi connectivity index (χ2v) is 6.07. The van der Waals surface area contributed by atoms with E-state index in [1.165, 1.54) is 13.0 Å². The Bertz CT molecular complexity index is 925. The van der Waals surface area contributed by atoms with Gasteiger partial charge in [-0.2, -0.15) is 0 Å². The maximum absolute atomic E-state index is 12.4. The molecule has 3 rings (SSSR count). The highest BCUT2D eigenvalue weighted by Gasteiger charge is 2.30. The van der Waals surface area contributed by atoms with E-state index in [4.69, 9.17) is 14.2 Å². The van der Waals surface area contributed by atoms with Gasteiger partial charge in [0.05, 0.1) is 11.0 Å². The first kappa shape index (κ1) is 19.2. The fraction of sp³-hybridized carbons (Fsp3) is 0.263. The van der Waals surface area contributed by atoms with Crippen molar-refractivity contribution in [2.75, 3.05) is 12.1 Å². The summed E-state index contributed by atoms with van der Waals surface area (Å²) in [6, 6.07) is 9.52. The number of aryl methyl sites for hydroxylation is 1. The van der Waals surface area contributed by atoms with Gasteiger partial charge in [0.25, 0.3) is 11.6 Å². The number of anilines is 1. The van der Waals surface area contributed by atoms with Crippen LogP contribution in [-0.4, -0.2) is 29.7 Å². The molecule has 9 heteroatoms. The molecular formula is C19H18N2O7. The van der Waals surface area contributed by atoms with Gasteiger partial charge in [0.2, 0.25) is 6.79 Å². The van der Waals surface area contributed by atoms with Gasteiger partial charge in [0, 0.05) is 11.8 Å². The monoisotopic (exact) mass is 386 g/mol. The molecule has 0 bridgehead atoms. The molecule has 2 aromatic rings. The number of ether oxygens (including phenoxy) is 3.